The van der Waals surface area contributed by atoms with Crippen LogP contribution in [0.4, 0.5) is 0 Å². The molecule has 1 saturated heterocycles. The highest BCUT2D eigenvalue weighted by molar-refractivity contribution is 7.89. The Morgan fingerprint density at radius 1 is 1.37 bits per heavy atom. The number of nitrogens with one attached hydrogen (secondary N) is 1. The quantitative estimate of drug-likeness (QED) is 0.922. The lowest BCUT2D eigenvalue weighted by Crippen LogP contribution is -2.40. The average molecular weight is 305 g/mol. The van der Waals surface area contributed by atoms with Crippen LogP contribution in [-0.4, -0.2) is 38.9 Å². The molecule has 1 aliphatic rings. The molecule has 1 aliphatic heterocycles. The van der Waals surface area contributed by atoms with Gasteiger partial charge in [0.15, 0.2) is 0 Å². The molecule has 0 aliphatic carbocycles. The maximum atomic E-state index is 12.6. The molecule has 6 heteroatoms. The van der Waals surface area contributed by atoms with Crippen LogP contribution < -0.4 is 5.32 Å². The number of halogens is 1. The van der Waals surface area contributed by atoms with Crippen molar-refractivity contribution in [3.05, 3.63) is 29.8 Å². The summed E-state index contributed by atoms with van der Waals surface area (Å²) in [5, 5.41) is 3.07. The van der Waals surface area contributed by atoms with E-state index in [1.807, 2.05) is 26.1 Å². The molecule has 0 amide bonds. The van der Waals surface area contributed by atoms with Crippen molar-refractivity contribution >= 4 is 22.4 Å². The first-order valence-corrected chi connectivity index (χ1v) is 7.73. The summed E-state index contributed by atoms with van der Waals surface area (Å²) >= 11 is 0. The normalized spacial score (nSPS) is 20.2. The minimum Gasteiger partial charge on any atom is -0.318 e. The Balaban J connectivity index is 0.00000180. The molecule has 0 radical (unpaired) electrons. The lowest BCUT2D eigenvalue weighted by atomic mass is 10.2. The van der Waals surface area contributed by atoms with Crippen molar-refractivity contribution in [1.29, 1.82) is 0 Å². The summed E-state index contributed by atoms with van der Waals surface area (Å²) in [7, 11) is -1.49. The predicted octanol–water partition coefficient (Wildman–Crippen LogP) is 1.79. The molecule has 0 saturated carbocycles. The third kappa shape index (κ3) is 3.28. The fourth-order valence-corrected chi connectivity index (χ4v) is 4.46. The molecule has 1 heterocycles. The van der Waals surface area contributed by atoms with Gasteiger partial charge in [0.2, 0.25) is 10.0 Å². The van der Waals surface area contributed by atoms with Crippen LogP contribution in [0.2, 0.25) is 0 Å². The van der Waals surface area contributed by atoms with Gasteiger partial charge in [-0.15, -0.1) is 12.4 Å². The summed E-state index contributed by atoms with van der Waals surface area (Å²) < 4.78 is 26.9. The Bertz CT molecular complexity index is 519. The highest BCUT2D eigenvalue weighted by atomic mass is 35.5. The van der Waals surface area contributed by atoms with Crippen molar-refractivity contribution in [2.45, 2.75) is 30.7 Å². The number of sulfonamides is 1. The largest absolute Gasteiger partial charge is 0.318 e. The van der Waals surface area contributed by atoms with E-state index in [1.165, 1.54) is 0 Å². The van der Waals surface area contributed by atoms with Gasteiger partial charge in [-0.1, -0.05) is 18.2 Å². The van der Waals surface area contributed by atoms with E-state index in [0.29, 0.717) is 18.0 Å². The van der Waals surface area contributed by atoms with Crippen LogP contribution in [0.25, 0.3) is 0 Å². The summed E-state index contributed by atoms with van der Waals surface area (Å²) in [6.07, 6.45) is 1.88. The summed E-state index contributed by atoms with van der Waals surface area (Å²) in [6.45, 7) is 3.18. The number of hydrogen-bond donors (Lipinski definition) is 1. The van der Waals surface area contributed by atoms with E-state index >= 15 is 0 Å². The van der Waals surface area contributed by atoms with Crippen molar-refractivity contribution in [1.82, 2.24) is 9.62 Å². The van der Waals surface area contributed by atoms with E-state index in [1.54, 1.807) is 16.4 Å². The van der Waals surface area contributed by atoms with Crippen molar-refractivity contribution < 1.29 is 8.42 Å². The van der Waals surface area contributed by atoms with E-state index in [-0.39, 0.29) is 18.4 Å². The number of hydrogen-bond acceptors (Lipinski definition) is 3. The van der Waals surface area contributed by atoms with Crippen LogP contribution in [0.1, 0.15) is 18.4 Å². The highest BCUT2D eigenvalue weighted by Crippen LogP contribution is 2.27. The monoisotopic (exact) mass is 304 g/mol. The Labute approximate surface area is 121 Å². The van der Waals surface area contributed by atoms with Gasteiger partial charge in [0.1, 0.15) is 0 Å². The van der Waals surface area contributed by atoms with Gasteiger partial charge in [0.25, 0.3) is 0 Å². The van der Waals surface area contributed by atoms with Crippen molar-refractivity contribution in [3.8, 4) is 0 Å². The molecule has 19 heavy (non-hydrogen) atoms. The molecule has 1 atom stereocenters. The molecular formula is C13H21ClN2O2S. The van der Waals surface area contributed by atoms with Gasteiger partial charge in [-0.3, -0.25) is 0 Å². The molecule has 1 fully saturated rings. The molecular weight excluding hydrogens is 284 g/mol. The fourth-order valence-electron chi connectivity index (χ4n) is 2.54. The second-order valence-electron chi connectivity index (χ2n) is 4.73. The average Bonchev–Trinajstić information content (AvgIpc) is 2.79. The van der Waals surface area contributed by atoms with E-state index in [2.05, 4.69) is 5.32 Å². The van der Waals surface area contributed by atoms with Crippen LogP contribution in [-0.2, 0) is 10.0 Å². The fraction of sp³-hybridized carbons (Fsp3) is 0.538. The van der Waals surface area contributed by atoms with Crippen molar-refractivity contribution in [2.24, 2.45) is 0 Å². The molecule has 0 aromatic heterocycles. The zero-order valence-corrected chi connectivity index (χ0v) is 12.9. The van der Waals surface area contributed by atoms with Gasteiger partial charge < -0.3 is 5.32 Å². The zero-order valence-electron chi connectivity index (χ0n) is 11.3. The maximum absolute atomic E-state index is 12.6. The smallest absolute Gasteiger partial charge is 0.243 e. The number of likely N-dealkylation sites (N-methyl/N-ethyl adjacent to an activating group) is 1. The summed E-state index contributed by atoms with van der Waals surface area (Å²) in [4.78, 5) is 0.438. The van der Waals surface area contributed by atoms with Crippen LogP contribution in [0.3, 0.4) is 0 Å². The number of aryl methyl sites for hydroxylation is 1. The first kappa shape index (κ1) is 16.4. The van der Waals surface area contributed by atoms with Crippen molar-refractivity contribution in [3.63, 3.8) is 0 Å². The molecule has 1 unspecified atom stereocenters. The Kier molecular flexibility index (Phi) is 5.80. The minimum atomic E-state index is -3.35. The third-order valence-corrected chi connectivity index (χ3v) is 5.56. The van der Waals surface area contributed by atoms with E-state index in [0.717, 1.165) is 18.4 Å². The van der Waals surface area contributed by atoms with Gasteiger partial charge in [-0.05, 0) is 38.4 Å². The summed E-state index contributed by atoms with van der Waals surface area (Å²) in [5.41, 5.74) is 0.813. The maximum Gasteiger partial charge on any atom is 0.243 e. The zero-order chi connectivity index (χ0) is 13.2. The lowest BCUT2D eigenvalue weighted by molar-refractivity contribution is 0.379. The lowest BCUT2D eigenvalue weighted by Gasteiger charge is -2.24. The molecule has 4 nitrogen and oxygen atoms in total. The number of benzene rings is 1. The molecule has 2 rings (SSSR count). The van der Waals surface area contributed by atoms with Crippen LogP contribution in [0, 0.1) is 6.92 Å². The highest BCUT2D eigenvalue weighted by Gasteiger charge is 2.35. The Morgan fingerprint density at radius 2 is 2.05 bits per heavy atom. The number of nitrogens with zero attached hydrogens (tertiary/aromatic N) is 1. The molecule has 1 aromatic rings. The first-order chi connectivity index (χ1) is 8.57. The van der Waals surface area contributed by atoms with E-state index < -0.39 is 10.0 Å². The summed E-state index contributed by atoms with van der Waals surface area (Å²) in [5.74, 6) is 0. The second kappa shape index (κ2) is 6.70. The summed E-state index contributed by atoms with van der Waals surface area (Å²) in [6, 6.07) is 7.27. The Morgan fingerprint density at radius 3 is 2.68 bits per heavy atom. The Hall–Kier alpha value is -0.620. The van der Waals surface area contributed by atoms with E-state index in [4.69, 9.17) is 0 Å². The van der Waals surface area contributed by atoms with Gasteiger partial charge >= 0.3 is 0 Å². The molecule has 0 spiro atoms. The van der Waals surface area contributed by atoms with Gasteiger partial charge in [0, 0.05) is 19.1 Å². The first-order valence-electron chi connectivity index (χ1n) is 6.29. The standard InChI is InChI=1S/C13H20N2O2S.ClH/c1-11-6-3-4-8-13(11)18(16,17)15-9-5-7-12(15)10-14-2;/h3-4,6,8,12,14H,5,7,9-10H2,1-2H3;1H. The molecule has 108 valence electrons. The minimum absolute atomic E-state index is 0. The van der Waals surface area contributed by atoms with Gasteiger partial charge in [-0.25, -0.2) is 8.42 Å². The van der Waals surface area contributed by atoms with Gasteiger partial charge in [-0.2, -0.15) is 4.31 Å². The molecule has 1 aromatic carbocycles. The van der Waals surface area contributed by atoms with Crippen LogP contribution in [0.15, 0.2) is 29.2 Å². The third-order valence-electron chi connectivity index (χ3n) is 3.44. The van der Waals surface area contributed by atoms with Crippen molar-refractivity contribution in [2.75, 3.05) is 20.1 Å². The predicted molar refractivity (Wildman–Crippen MR) is 79.3 cm³/mol. The molecule has 1 N–H and O–H groups in total. The molecule has 0 bridgehead atoms. The van der Waals surface area contributed by atoms with Gasteiger partial charge in [0.05, 0.1) is 4.90 Å². The van der Waals surface area contributed by atoms with E-state index in [9.17, 15) is 8.42 Å². The SMILES string of the molecule is CNCC1CCCN1S(=O)(=O)c1ccccc1C.Cl. The topological polar surface area (TPSA) is 49.4 Å². The number of rotatable bonds is 4. The van der Waals surface area contributed by atoms with Crippen LogP contribution >= 0.6 is 12.4 Å². The second-order valence-corrected chi connectivity index (χ2v) is 6.59. The van der Waals surface area contributed by atoms with Crippen LogP contribution in [0.5, 0.6) is 0 Å².